The maximum absolute atomic E-state index is 9.78. The number of aliphatic hydroxyl groups excluding tert-OH is 1. The molecule has 6 nitrogen and oxygen atoms in total. The van der Waals surface area contributed by atoms with Crippen LogP contribution in [0.25, 0.3) is 0 Å². The Morgan fingerprint density at radius 3 is 2.85 bits per heavy atom. The molecule has 0 aliphatic rings. The number of nitrogens with one attached hydrogen (secondary N) is 1. The molecule has 0 saturated heterocycles. The number of rotatable bonds is 10. The predicted octanol–water partition coefficient (Wildman–Crippen LogP) is 0.592. The van der Waals surface area contributed by atoms with E-state index in [0.717, 1.165) is 5.56 Å². The van der Waals surface area contributed by atoms with Crippen LogP contribution in [0.1, 0.15) is 12.5 Å². The maximum atomic E-state index is 9.78. The average molecular weight is 284 g/mol. The van der Waals surface area contributed by atoms with Gasteiger partial charge in [0.15, 0.2) is 0 Å². The van der Waals surface area contributed by atoms with Crippen LogP contribution in [0.2, 0.25) is 0 Å². The molecule has 1 aromatic heterocycles. The standard InChI is InChI=1S/C14H24N2O4/c1-11(9-18-2)20-10-13(17)8-15-7-12-4-5-16-14(6-12)19-3/h4-6,11,13,15,17H,7-10H2,1-3H3. The zero-order chi connectivity index (χ0) is 14.8. The van der Waals surface area contributed by atoms with Crippen molar-refractivity contribution in [3.8, 4) is 5.88 Å². The smallest absolute Gasteiger partial charge is 0.213 e. The largest absolute Gasteiger partial charge is 0.481 e. The number of methoxy groups -OCH3 is 2. The predicted molar refractivity (Wildman–Crippen MR) is 75.8 cm³/mol. The van der Waals surface area contributed by atoms with Crippen LogP contribution in [0.4, 0.5) is 0 Å². The number of pyridine rings is 1. The molecule has 2 unspecified atom stereocenters. The lowest BCUT2D eigenvalue weighted by Gasteiger charge is -2.16. The highest BCUT2D eigenvalue weighted by Gasteiger charge is 2.07. The number of aliphatic hydroxyl groups is 1. The lowest BCUT2D eigenvalue weighted by Crippen LogP contribution is -2.32. The average Bonchev–Trinajstić information content (AvgIpc) is 2.46. The molecule has 2 N–H and O–H groups in total. The summed E-state index contributed by atoms with van der Waals surface area (Å²) in [5.41, 5.74) is 1.05. The Bertz CT molecular complexity index is 376. The molecule has 0 amide bonds. The highest BCUT2D eigenvalue weighted by atomic mass is 16.5. The summed E-state index contributed by atoms with van der Waals surface area (Å²) in [5, 5.41) is 12.9. The Morgan fingerprint density at radius 2 is 2.15 bits per heavy atom. The second-order valence-electron chi connectivity index (χ2n) is 4.59. The van der Waals surface area contributed by atoms with Gasteiger partial charge in [0.1, 0.15) is 0 Å². The van der Waals surface area contributed by atoms with Crippen molar-refractivity contribution in [3.63, 3.8) is 0 Å². The summed E-state index contributed by atoms with van der Waals surface area (Å²) in [7, 11) is 3.21. The number of aromatic nitrogens is 1. The first-order valence-corrected chi connectivity index (χ1v) is 6.64. The third kappa shape index (κ3) is 6.81. The highest BCUT2D eigenvalue weighted by molar-refractivity contribution is 5.20. The van der Waals surface area contributed by atoms with Gasteiger partial charge in [-0.25, -0.2) is 4.98 Å². The summed E-state index contributed by atoms with van der Waals surface area (Å²) in [4.78, 5) is 4.04. The fourth-order valence-corrected chi connectivity index (χ4v) is 1.67. The van der Waals surface area contributed by atoms with Crippen molar-refractivity contribution in [2.75, 3.05) is 34.0 Å². The van der Waals surface area contributed by atoms with Gasteiger partial charge in [0.25, 0.3) is 0 Å². The van der Waals surface area contributed by atoms with Crippen molar-refractivity contribution in [2.24, 2.45) is 0 Å². The molecule has 0 radical (unpaired) electrons. The van der Waals surface area contributed by atoms with Gasteiger partial charge in [-0.2, -0.15) is 0 Å². The topological polar surface area (TPSA) is 72.8 Å². The molecule has 0 aliphatic carbocycles. The van der Waals surface area contributed by atoms with Crippen LogP contribution >= 0.6 is 0 Å². The molecular formula is C14H24N2O4. The molecule has 2 atom stereocenters. The van der Waals surface area contributed by atoms with E-state index < -0.39 is 6.10 Å². The summed E-state index contributed by atoms with van der Waals surface area (Å²) in [6.07, 6.45) is 1.14. The van der Waals surface area contributed by atoms with E-state index in [2.05, 4.69) is 10.3 Å². The molecule has 1 rings (SSSR count). The quantitative estimate of drug-likeness (QED) is 0.655. The molecule has 0 aromatic carbocycles. The lowest BCUT2D eigenvalue weighted by molar-refractivity contribution is -0.0311. The number of ether oxygens (including phenoxy) is 3. The van der Waals surface area contributed by atoms with Gasteiger partial charge in [0, 0.05) is 32.5 Å². The third-order valence-electron chi connectivity index (χ3n) is 2.69. The van der Waals surface area contributed by atoms with Crippen LogP contribution in [0, 0.1) is 0 Å². The number of hydrogen-bond donors (Lipinski definition) is 2. The molecule has 1 aromatic rings. The molecule has 0 saturated carbocycles. The van der Waals surface area contributed by atoms with E-state index in [1.165, 1.54) is 0 Å². The summed E-state index contributed by atoms with van der Waals surface area (Å²) in [5.74, 6) is 0.585. The third-order valence-corrected chi connectivity index (χ3v) is 2.69. The van der Waals surface area contributed by atoms with E-state index in [4.69, 9.17) is 14.2 Å². The first-order valence-electron chi connectivity index (χ1n) is 6.64. The second kappa shape index (κ2) is 9.66. The van der Waals surface area contributed by atoms with E-state index in [1.54, 1.807) is 20.4 Å². The minimum Gasteiger partial charge on any atom is -0.481 e. The van der Waals surface area contributed by atoms with Gasteiger partial charge < -0.3 is 24.6 Å². The van der Waals surface area contributed by atoms with Gasteiger partial charge in [-0.3, -0.25) is 0 Å². The van der Waals surface area contributed by atoms with E-state index in [1.807, 2.05) is 19.1 Å². The van der Waals surface area contributed by atoms with Crippen LogP contribution in [-0.2, 0) is 16.0 Å². The van der Waals surface area contributed by atoms with Crippen LogP contribution < -0.4 is 10.1 Å². The summed E-state index contributed by atoms with van der Waals surface area (Å²) < 4.78 is 15.4. The van der Waals surface area contributed by atoms with Crippen molar-refractivity contribution in [1.82, 2.24) is 10.3 Å². The minimum absolute atomic E-state index is 0.0147. The summed E-state index contributed by atoms with van der Waals surface area (Å²) >= 11 is 0. The Hall–Kier alpha value is -1.21. The Labute approximate surface area is 120 Å². The Balaban J connectivity index is 2.19. The molecule has 0 bridgehead atoms. The van der Waals surface area contributed by atoms with Crippen LogP contribution in [0.5, 0.6) is 5.88 Å². The molecular weight excluding hydrogens is 260 g/mol. The van der Waals surface area contributed by atoms with E-state index in [9.17, 15) is 5.11 Å². The van der Waals surface area contributed by atoms with Crippen molar-refractivity contribution in [1.29, 1.82) is 0 Å². The number of hydrogen-bond acceptors (Lipinski definition) is 6. The SMILES string of the molecule is COCC(C)OCC(O)CNCc1ccnc(OC)c1. The van der Waals surface area contributed by atoms with Gasteiger partial charge in [0.05, 0.1) is 32.5 Å². The Morgan fingerprint density at radius 1 is 1.35 bits per heavy atom. The first-order chi connectivity index (χ1) is 9.65. The van der Waals surface area contributed by atoms with E-state index in [-0.39, 0.29) is 12.7 Å². The second-order valence-corrected chi connectivity index (χ2v) is 4.59. The maximum Gasteiger partial charge on any atom is 0.213 e. The van der Waals surface area contributed by atoms with Crippen molar-refractivity contribution in [2.45, 2.75) is 25.7 Å². The Kier molecular flexibility index (Phi) is 8.13. The zero-order valence-corrected chi connectivity index (χ0v) is 12.3. The van der Waals surface area contributed by atoms with Gasteiger partial charge >= 0.3 is 0 Å². The molecule has 6 heteroatoms. The molecule has 0 spiro atoms. The highest BCUT2D eigenvalue weighted by Crippen LogP contribution is 2.07. The monoisotopic (exact) mass is 284 g/mol. The van der Waals surface area contributed by atoms with E-state index >= 15 is 0 Å². The van der Waals surface area contributed by atoms with Crippen molar-refractivity contribution in [3.05, 3.63) is 23.9 Å². The van der Waals surface area contributed by atoms with Crippen LogP contribution in [0.15, 0.2) is 18.3 Å². The summed E-state index contributed by atoms with van der Waals surface area (Å²) in [6.45, 7) is 3.83. The van der Waals surface area contributed by atoms with Crippen molar-refractivity contribution < 1.29 is 19.3 Å². The van der Waals surface area contributed by atoms with Crippen molar-refractivity contribution >= 4 is 0 Å². The van der Waals surface area contributed by atoms with Gasteiger partial charge in [-0.05, 0) is 18.6 Å². The fourth-order valence-electron chi connectivity index (χ4n) is 1.67. The molecule has 114 valence electrons. The van der Waals surface area contributed by atoms with E-state index in [0.29, 0.717) is 25.6 Å². The van der Waals surface area contributed by atoms with Crippen LogP contribution in [0.3, 0.4) is 0 Å². The minimum atomic E-state index is -0.543. The van der Waals surface area contributed by atoms with Gasteiger partial charge in [-0.1, -0.05) is 0 Å². The normalized spacial score (nSPS) is 14.0. The lowest BCUT2D eigenvalue weighted by atomic mass is 10.2. The molecule has 0 aliphatic heterocycles. The molecule has 0 fully saturated rings. The molecule has 20 heavy (non-hydrogen) atoms. The summed E-state index contributed by atoms with van der Waals surface area (Å²) in [6, 6.07) is 3.76. The van der Waals surface area contributed by atoms with Crippen LogP contribution in [-0.4, -0.2) is 56.3 Å². The zero-order valence-electron chi connectivity index (χ0n) is 12.3. The van der Waals surface area contributed by atoms with Gasteiger partial charge in [0.2, 0.25) is 5.88 Å². The molecule has 1 heterocycles. The first kappa shape index (κ1) is 16.8. The van der Waals surface area contributed by atoms with Gasteiger partial charge in [-0.15, -0.1) is 0 Å². The number of nitrogens with zero attached hydrogens (tertiary/aromatic N) is 1. The fraction of sp³-hybridized carbons (Fsp3) is 0.643.